The number of benzene rings is 1. The number of piperidine rings is 1. The summed E-state index contributed by atoms with van der Waals surface area (Å²) in [6.45, 7) is 6.41. The first-order chi connectivity index (χ1) is 11.9. The lowest BCUT2D eigenvalue weighted by Crippen LogP contribution is -2.32. The molecule has 3 rings (SSSR count). The first kappa shape index (κ1) is 17.9. The smallest absolute Gasteiger partial charge is 0.230 e. The number of carbonyl (C=O) groups is 1. The van der Waals surface area contributed by atoms with Gasteiger partial charge in [0.15, 0.2) is 5.13 Å². The van der Waals surface area contributed by atoms with Gasteiger partial charge in [-0.25, -0.2) is 13.8 Å². The molecule has 0 spiro atoms. The maximum absolute atomic E-state index is 14.1. The fourth-order valence-electron chi connectivity index (χ4n) is 2.99. The molecular formula is C18H21F2N3OS. The third-order valence-electron chi connectivity index (χ3n) is 4.46. The molecule has 4 nitrogen and oxygen atoms in total. The Balaban J connectivity index is 1.79. The number of hydrogen-bond donors (Lipinski definition) is 0. The number of aromatic nitrogens is 1. The Morgan fingerprint density at radius 2 is 2.08 bits per heavy atom. The lowest BCUT2D eigenvalue weighted by Gasteiger charge is -2.29. The zero-order chi connectivity index (χ0) is 18.0. The van der Waals surface area contributed by atoms with Crippen molar-refractivity contribution in [1.82, 2.24) is 9.88 Å². The number of halogens is 2. The van der Waals surface area contributed by atoms with E-state index in [1.807, 2.05) is 5.38 Å². The molecule has 25 heavy (non-hydrogen) atoms. The number of amides is 1. The predicted molar refractivity (Wildman–Crippen MR) is 95.0 cm³/mol. The molecule has 0 bridgehead atoms. The fraction of sp³-hybridized carbons (Fsp3) is 0.444. The Morgan fingerprint density at radius 3 is 2.72 bits per heavy atom. The SMILES string of the molecule is CC(=O)N(c1nc(CN2CCC(C)CC2)cs1)c1ccc(F)cc1F. The van der Waals surface area contributed by atoms with Gasteiger partial charge in [0.2, 0.25) is 5.91 Å². The lowest BCUT2D eigenvalue weighted by molar-refractivity contribution is -0.115. The number of nitrogens with zero attached hydrogens (tertiary/aromatic N) is 3. The van der Waals surface area contributed by atoms with E-state index in [0.717, 1.165) is 43.4 Å². The van der Waals surface area contributed by atoms with E-state index in [0.29, 0.717) is 5.13 Å². The van der Waals surface area contributed by atoms with E-state index in [-0.39, 0.29) is 11.6 Å². The Bertz CT molecular complexity index is 757. The number of carbonyl (C=O) groups excluding carboxylic acids is 1. The van der Waals surface area contributed by atoms with Crippen LogP contribution in [0.4, 0.5) is 19.6 Å². The van der Waals surface area contributed by atoms with E-state index in [9.17, 15) is 13.6 Å². The average Bonchev–Trinajstić information content (AvgIpc) is 3.00. The number of anilines is 2. The number of hydrogen-bond acceptors (Lipinski definition) is 4. The van der Waals surface area contributed by atoms with Crippen molar-refractivity contribution in [2.24, 2.45) is 5.92 Å². The van der Waals surface area contributed by atoms with E-state index in [1.54, 1.807) is 0 Å². The zero-order valence-corrected chi connectivity index (χ0v) is 15.2. The van der Waals surface area contributed by atoms with Crippen LogP contribution in [0.25, 0.3) is 0 Å². The Kier molecular flexibility index (Phi) is 5.44. The lowest BCUT2D eigenvalue weighted by atomic mass is 9.99. The van der Waals surface area contributed by atoms with Crippen LogP contribution in [0, 0.1) is 17.6 Å². The standard InChI is InChI=1S/C18H21F2N3OS/c1-12-5-7-22(8-6-12)10-15-11-25-18(21-15)23(13(2)24)17-4-3-14(19)9-16(17)20/h3-4,9,11-12H,5-8,10H2,1-2H3. The van der Waals surface area contributed by atoms with E-state index < -0.39 is 11.6 Å². The molecule has 0 saturated carbocycles. The van der Waals surface area contributed by atoms with Crippen molar-refractivity contribution >= 4 is 28.1 Å². The molecule has 1 aromatic carbocycles. The van der Waals surface area contributed by atoms with Crippen molar-refractivity contribution in [2.75, 3.05) is 18.0 Å². The Hall–Kier alpha value is -1.86. The van der Waals surface area contributed by atoms with Crippen LogP contribution < -0.4 is 4.90 Å². The van der Waals surface area contributed by atoms with Gasteiger partial charge in [0.1, 0.15) is 11.6 Å². The third-order valence-corrected chi connectivity index (χ3v) is 5.33. The predicted octanol–water partition coefficient (Wildman–Crippen LogP) is 4.34. The largest absolute Gasteiger partial charge is 0.297 e. The van der Waals surface area contributed by atoms with Crippen LogP contribution in [0.15, 0.2) is 23.6 Å². The van der Waals surface area contributed by atoms with Crippen molar-refractivity contribution in [3.63, 3.8) is 0 Å². The molecule has 2 aromatic rings. The van der Waals surface area contributed by atoms with Crippen LogP contribution >= 0.6 is 11.3 Å². The highest BCUT2D eigenvalue weighted by Gasteiger charge is 2.22. The molecule has 0 radical (unpaired) electrons. The molecule has 1 aliphatic heterocycles. The first-order valence-electron chi connectivity index (χ1n) is 8.36. The van der Waals surface area contributed by atoms with Gasteiger partial charge in [0.05, 0.1) is 11.4 Å². The highest BCUT2D eigenvalue weighted by Crippen LogP contribution is 2.31. The summed E-state index contributed by atoms with van der Waals surface area (Å²) in [4.78, 5) is 20.1. The normalized spacial score (nSPS) is 16.2. The second kappa shape index (κ2) is 7.58. The van der Waals surface area contributed by atoms with Gasteiger partial charge in [-0.2, -0.15) is 0 Å². The highest BCUT2D eigenvalue weighted by atomic mass is 32.1. The van der Waals surface area contributed by atoms with Gasteiger partial charge in [-0.05, 0) is 44.0 Å². The summed E-state index contributed by atoms with van der Waals surface area (Å²) < 4.78 is 27.2. The molecule has 1 fully saturated rings. The second-order valence-electron chi connectivity index (χ2n) is 6.53. The molecule has 1 aliphatic rings. The van der Waals surface area contributed by atoms with Gasteiger partial charge in [0.25, 0.3) is 0 Å². The molecule has 0 N–H and O–H groups in total. The van der Waals surface area contributed by atoms with Gasteiger partial charge in [-0.3, -0.25) is 14.6 Å². The summed E-state index contributed by atoms with van der Waals surface area (Å²) in [6, 6.07) is 3.17. The van der Waals surface area contributed by atoms with E-state index in [4.69, 9.17) is 0 Å². The van der Waals surface area contributed by atoms with Crippen LogP contribution in [0.1, 0.15) is 32.4 Å². The van der Waals surface area contributed by atoms with Gasteiger partial charge in [-0.15, -0.1) is 11.3 Å². The molecular weight excluding hydrogens is 344 g/mol. The molecule has 0 aliphatic carbocycles. The number of likely N-dealkylation sites (tertiary alicyclic amines) is 1. The van der Waals surface area contributed by atoms with Gasteiger partial charge < -0.3 is 0 Å². The minimum atomic E-state index is -0.781. The summed E-state index contributed by atoms with van der Waals surface area (Å²) in [5.41, 5.74) is 0.880. The molecule has 2 heterocycles. The van der Waals surface area contributed by atoms with Crippen molar-refractivity contribution < 1.29 is 13.6 Å². The van der Waals surface area contributed by atoms with E-state index in [2.05, 4.69) is 16.8 Å². The summed E-state index contributed by atoms with van der Waals surface area (Å²) in [5, 5.41) is 2.29. The minimum absolute atomic E-state index is 0.0154. The maximum Gasteiger partial charge on any atom is 0.230 e. The van der Waals surface area contributed by atoms with Crippen molar-refractivity contribution in [3.8, 4) is 0 Å². The topological polar surface area (TPSA) is 36.4 Å². The van der Waals surface area contributed by atoms with Crippen LogP contribution in [-0.2, 0) is 11.3 Å². The van der Waals surface area contributed by atoms with Crippen molar-refractivity contribution in [1.29, 1.82) is 0 Å². The first-order valence-corrected chi connectivity index (χ1v) is 9.24. The minimum Gasteiger partial charge on any atom is -0.297 e. The fourth-order valence-corrected chi connectivity index (χ4v) is 3.86. The number of rotatable bonds is 4. The Labute approximate surface area is 150 Å². The third kappa shape index (κ3) is 4.22. The van der Waals surface area contributed by atoms with Gasteiger partial charge >= 0.3 is 0 Å². The summed E-state index contributed by atoms with van der Waals surface area (Å²) in [6.07, 6.45) is 2.36. The second-order valence-corrected chi connectivity index (χ2v) is 7.37. The van der Waals surface area contributed by atoms with Crippen LogP contribution in [0.5, 0.6) is 0 Å². The van der Waals surface area contributed by atoms with Crippen LogP contribution in [-0.4, -0.2) is 28.9 Å². The molecule has 134 valence electrons. The van der Waals surface area contributed by atoms with E-state index >= 15 is 0 Å². The van der Waals surface area contributed by atoms with Gasteiger partial charge in [-0.1, -0.05) is 6.92 Å². The van der Waals surface area contributed by atoms with Crippen molar-refractivity contribution in [3.05, 3.63) is 40.9 Å². The summed E-state index contributed by atoms with van der Waals surface area (Å²) >= 11 is 1.29. The highest BCUT2D eigenvalue weighted by molar-refractivity contribution is 7.14. The van der Waals surface area contributed by atoms with Crippen molar-refractivity contribution in [2.45, 2.75) is 33.2 Å². The molecule has 1 aromatic heterocycles. The number of thiazole rings is 1. The van der Waals surface area contributed by atoms with Crippen LogP contribution in [0.2, 0.25) is 0 Å². The molecule has 0 atom stereocenters. The van der Waals surface area contributed by atoms with Crippen LogP contribution in [0.3, 0.4) is 0 Å². The molecule has 1 amide bonds. The van der Waals surface area contributed by atoms with Gasteiger partial charge in [0, 0.05) is 24.9 Å². The molecule has 1 saturated heterocycles. The zero-order valence-electron chi connectivity index (χ0n) is 14.3. The molecule has 0 unspecified atom stereocenters. The maximum atomic E-state index is 14.1. The average molecular weight is 365 g/mol. The summed E-state index contributed by atoms with van der Waals surface area (Å²) in [5.74, 6) is -1.06. The quantitative estimate of drug-likeness (QED) is 0.809. The Morgan fingerprint density at radius 1 is 1.36 bits per heavy atom. The molecule has 7 heteroatoms. The summed E-state index contributed by atoms with van der Waals surface area (Å²) in [7, 11) is 0. The monoisotopic (exact) mass is 365 g/mol. The van der Waals surface area contributed by atoms with E-state index in [1.165, 1.54) is 42.1 Å².